The SMILES string of the molecule is Cn1c(CCl)nnc1CC(F)(F)F. The predicted octanol–water partition coefficient (Wildman–Crippen LogP) is 1.66. The Morgan fingerprint density at radius 2 is 1.85 bits per heavy atom. The molecule has 0 radical (unpaired) electrons. The lowest BCUT2D eigenvalue weighted by atomic mass is 10.4. The van der Waals surface area contributed by atoms with Gasteiger partial charge in [0, 0.05) is 7.05 Å². The van der Waals surface area contributed by atoms with Gasteiger partial charge in [0.15, 0.2) is 0 Å². The molecule has 0 fully saturated rings. The first-order chi connectivity index (χ1) is 5.94. The molecule has 7 heteroatoms. The summed E-state index contributed by atoms with van der Waals surface area (Å²) in [6.07, 6.45) is -5.34. The van der Waals surface area contributed by atoms with E-state index in [1.54, 1.807) is 0 Å². The topological polar surface area (TPSA) is 30.7 Å². The summed E-state index contributed by atoms with van der Waals surface area (Å²) in [6.45, 7) is 0. The highest BCUT2D eigenvalue weighted by molar-refractivity contribution is 6.16. The van der Waals surface area contributed by atoms with Crippen LogP contribution in [-0.4, -0.2) is 20.9 Å². The minimum Gasteiger partial charge on any atom is -0.317 e. The highest BCUT2D eigenvalue weighted by Crippen LogP contribution is 2.20. The Kier molecular flexibility index (Phi) is 2.80. The van der Waals surface area contributed by atoms with E-state index >= 15 is 0 Å². The molecule has 0 N–H and O–H groups in total. The average Bonchev–Trinajstić information content (AvgIpc) is 2.30. The van der Waals surface area contributed by atoms with Gasteiger partial charge in [-0.1, -0.05) is 0 Å². The quantitative estimate of drug-likeness (QED) is 0.700. The monoisotopic (exact) mass is 213 g/mol. The van der Waals surface area contributed by atoms with Crippen LogP contribution in [0.25, 0.3) is 0 Å². The summed E-state index contributed by atoms with van der Waals surface area (Å²) in [5.74, 6) is 0.269. The van der Waals surface area contributed by atoms with E-state index in [-0.39, 0.29) is 11.7 Å². The lowest BCUT2D eigenvalue weighted by Crippen LogP contribution is -2.15. The number of hydrogen-bond acceptors (Lipinski definition) is 2. The molecular weight excluding hydrogens is 207 g/mol. The fraction of sp³-hybridized carbons (Fsp3) is 0.667. The first-order valence-corrected chi connectivity index (χ1v) is 3.97. The van der Waals surface area contributed by atoms with Crippen LogP contribution in [0.2, 0.25) is 0 Å². The van der Waals surface area contributed by atoms with E-state index in [1.165, 1.54) is 11.6 Å². The normalized spacial score (nSPS) is 12.1. The zero-order chi connectivity index (χ0) is 10.1. The third kappa shape index (κ3) is 2.58. The molecule has 0 aliphatic heterocycles. The molecular formula is C6H7ClF3N3. The fourth-order valence-electron chi connectivity index (χ4n) is 0.848. The number of alkyl halides is 4. The number of nitrogens with zero attached hydrogens (tertiary/aromatic N) is 3. The molecule has 74 valence electrons. The van der Waals surface area contributed by atoms with Gasteiger partial charge in [0.25, 0.3) is 0 Å². The fourth-order valence-corrected chi connectivity index (χ4v) is 1.08. The minimum atomic E-state index is -4.26. The van der Waals surface area contributed by atoms with Gasteiger partial charge in [-0.05, 0) is 0 Å². The highest BCUT2D eigenvalue weighted by Gasteiger charge is 2.30. The van der Waals surface area contributed by atoms with E-state index in [1.807, 2.05) is 0 Å². The van der Waals surface area contributed by atoms with Crippen LogP contribution in [0.15, 0.2) is 0 Å². The van der Waals surface area contributed by atoms with E-state index in [4.69, 9.17) is 11.6 Å². The molecule has 0 aliphatic carbocycles. The van der Waals surface area contributed by atoms with Crippen molar-refractivity contribution in [3.05, 3.63) is 11.6 Å². The summed E-state index contributed by atoms with van der Waals surface area (Å²) in [7, 11) is 1.46. The van der Waals surface area contributed by atoms with Crippen molar-refractivity contribution < 1.29 is 13.2 Å². The molecule has 0 aromatic carbocycles. The van der Waals surface area contributed by atoms with Gasteiger partial charge in [-0.15, -0.1) is 21.8 Å². The van der Waals surface area contributed by atoms with E-state index < -0.39 is 12.6 Å². The third-order valence-corrected chi connectivity index (χ3v) is 1.77. The van der Waals surface area contributed by atoms with Gasteiger partial charge in [0.2, 0.25) is 0 Å². The maximum atomic E-state index is 11.9. The van der Waals surface area contributed by atoms with E-state index in [0.29, 0.717) is 5.82 Å². The van der Waals surface area contributed by atoms with Crippen LogP contribution in [0.4, 0.5) is 13.2 Å². The van der Waals surface area contributed by atoms with Crippen molar-refractivity contribution >= 4 is 11.6 Å². The van der Waals surface area contributed by atoms with Crippen molar-refractivity contribution in [2.45, 2.75) is 18.5 Å². The summed E-state index contributed by atoms with van der Waals surface area (Å²) in [6, 6.07) is 0. The van der Waals surface area contributed by atoms with Crippen LogP contribution in [0.1, 0.15) is 11.6 Å². The molecule has 0 spiro atoms. The van der Waals surface area contributed by atoms with Crippen molar-refractivity contribution in [1.29, 1.82) is 0 Å². The first-order valence-electron chi connectivity index (χ1n) is 3.44. The maximum Gasteiger partial charge on any atom is 0.396 e. The van der Waals surface area contributed by atoms with Crippen LogP contribution in [-0.2, 0) is 19.3 Å². The Hall–Kier alpha value is -0.780. The number of rotatable bonds is 2. The molecule has 0 atom stereocenters. The van der Waals surface area contributed by atoms with Crippen LogP contribution < -0.4 is 0 Å². The molecule has 1 heterocycles. The molecule has 0 bridgehead atoms. The van der Waals surface area contributed by atoms with Gasteiger partial charge >= 0.3 is 6.18 Å². The van der Waals surface area contributed by atoms with E-state index in [2.05, 4.69) is 10.2 Å². The minimum absolute atomic E-state index is 0.0569. The standard InChI is InChI=1S/C6H7ClF3N3/c1-13-4(2-6(8,9)10)11-12-5(13)3-7/h2-3H2,1H3. The van der Waals surface area contributed by atoms with Gasteiger partial charge in [0.05, 0.1) is 5.88 Å². The zero-order valence-corrected chi connectivity index (χ0v) is 7.52. The van der Waals surface area contributed by atoms with Crippen LogP contribution in [0.3, 0.4) is 0 Å². The first kappa shape index (κ1) is 10.3. The molecule has 1 aromatic rings. The molecule has 0 saturated carbocycles. The summed E-state index contributed by atoms with van der Waals surface area (Å²) in [5.41, 5.74) is 0. The van der Waals surface area contributed by atoms with E-state index in [0.717, 1.165) is 0 Å². The Bertz CT molecular complexity index is 294. The molecule has 1 aromatic heterocycles. The highest BCUT2D eigenvalue weighted by atomic mass is 35.5. The molecule has 3 nitrogen and oxygen atoms in total. The van der Waals surface area contributed by atoms with Gasteiger partial charge in [0.1, 0.15) is 18.1 Å². The van der Waals surface area contributed by atoms with Crippen molar-refractivity contribution in [2.24, 2.45) is 7.05 Å². The molecule has 1 rings (SSSR count). The second-order valence-electron chi connectivity index (χ2n) is 2.52. The third-order valence-electron chi connectivity index (χ3n) is 1.53. The second-order valence-corrected chi connectivity index (χ2v) is 2.78. The van der Waals surface area contributed by atoms with Gasteiger partial charge in [-0.3, -0.25) is 0 Å². The number of aromatic nitrogens is 3. The molecule has 13 heavy (non-hydrogen) atoms. The Morgan fingerprint density at radius 1 is 1.31 bits per heavy atom. The van der Waals surface area contributed by atoms with Crippen molar-refractivity contribution in [2.75, 3.05) is 0 Å². The largest absolute Gasteiger partial charge is 0.396 e. The Morgan fingerprint density at radius 3 is 2.23 bits per heavy atom. The molecule has 0 unspecified atom stereocenters. The molecule has 0 amide bonds. The summed E-state index contributed by atoms with van der Waals surface area (Å²) in [4.78, 5) is 0. The summed E-state index contributed by atoms with van der Waals surface area (Å²) < 4.78 is 37.0. The van der Waals surface area contributed by atoms with Crippen molar-refractivity contribution in [1.82, 2.24) is 14.8 Å². The van der Waals surface area contributed by atoms with Crippen LogP contribution >= 0.6 is 11.6 Å². The maximum absolute atomic E-state index is 11.9. The zero-order valence-electron chi connectivity index (χ0n) is 6.77. The van der Waals surface area contributed by atoms with Gasteiger partial charge < -0.3 is 4.57 Å². The number of halogens is 4. The smallest absolute Gasteiger partial charge is 0.317 e. The van der Waals surface area contributed by atoms with E-state index in [9.17, 15) is 13.2 Å². The van der Waals surface area contributed by atoms with Gasteiger partial charge in [-0.2, -0.15) is 13.2 Å². The lowest BCUT2D eigenvalue weighted by Gasteiger charge is -2.05. The van der Waals surface area contributed by atoms with Crippen molar-refractivity contribution in [3.63, 3.8) is 0 Å². The summed E-state index contributed by atoms with van der Waals surface area (Å²) in [5, 5.41) is 6.88. The number of hydrogen-bond donors (Lipinski definition) is 0. The van der Waals surface area contributed by atoms with Crippen LogP contribution in [0, 0.1) is 0 Å². The Balaban J connectivity index is 2.84. The van der Waals surface area contributed by atoms with Crippen LogP contribution in [0.5, 0.6) is 0 Å². The van der Waals surface area contributed by atoms with Crippen molar-refractivity contribution in [3.8, 4) is 0 Å². The van der Waals surface area contributed by atoms with Gasteiger partial charge in [-0.25, -0.2) is 0 Å². The predicted molar refractivity (Wildman–Crippen MR) is 40.3 cm³/mol. The molecule has 0 aliphatic rings. The lowest BCUT2D eigenvalue weighted by molar-refractivity contribution is -0.128. The Labute approximate surface area is 77.5 Å². The average molecular weight is 214 g/mol. The molecule has 0 saturated heterocycles. The summed E-state index contributed by atoms with van der Waals surface area (Å²) >= 11 is 5.41. The second kappa shape index (κ2) is 3.53.